The van der Waals surface area contributed by atoms with Crippen molar-refractivity contribution in [2.24, 2.45) is 0 Å². The van der Waals surface area contributed by atoms with Crippen LogP contribution in [0.2, 0.25) is 5.02 Å². The van der Waals surface area contributed by atoms with Gasteiger partial charge >= 0.3 is 6.03 Å². The van der Waals surface area contributed by atoms with Crippen LogP contribution in [0.15, 0.2) is 48.5 Å². The Bertz CT molecular complexity index is 1110. The first-order valence-electron chi connectivity index (χ1n) is 9.90. The van der Waals surface area contributed by atoms with E-state index in [1.54, 1.807) is 47.4 Å². The van der Waals surface area contributed by atoms with Crippen molar-refractivity contribution in [2.75, 3.05) is 25.0 Å². The van der Waals surface area contributed by atoms with Crippen LogP contribution >= 0.6 is 23.1 Å². The van der Waals surface area contributed by atoms with Gasteiger partial charge in [0.2, 0.25) is 0 Å². The normalized spacial score (nSPS) is 15.9. The third kappa shape index (κ3) is 5.04. The molecule has 0 saturated carbocycles. The summed E-state index contributed by atoms with van der Waals surface area (Å²) >= 11 is 6.78. The average Bonchev–Trinajstić information content (AvgIpc) is 3.27. The lowest BCUT2D eigenvalue weighted by Gasteiger charge is -2.36. The molecule has 166 valence electrons. The van der Waals surface area contributed by atoms with Gasteiger partial charge in [-0.05, 0) is 23.8 Å². The number of rotatable bonds is 5. The number of carbonyl (C=O) groups excluding carboxylic acids is 2. The molecule has 0 spiro atoms. The van der Waals surface area contributed by atoms with Gasteiger partial charge in [0.15, 0.2) is 10.7 Å². The Morgan fingerprint density at radius 2 is 2.00 bits per heavy atom. The smallest absolute Gasteiger partial charge is 0.323 e. The summed E-state index contributed by atoms with van der Waals surface area (Å²) in [6.07, 6.45) is 0. The van der Waals surface area contributed by atoms with E-state index < -0.39 is 18.0 Å². The Balaban J connectivity index is 1.44. The molecule has 2 aromatic carbocycles. The molecule has 1 saturated heterocycles. The Morgan fingerprint density at radius 3 is 2.78 bits per heavy atom. The molecule has 0 radical (unpaired) electrons. The van der Waals surface area contributed by atoms with Crippen LogP contribution in [0.25, 0.3) is 0 Å². The van der Waals surface area contributed by atoms with E-state index in [1.165, 1.54) is 6.07 Å². The van der Waals surface area contributed by atoms with Crippen LogP contribution in [0.1, 0.15) is 27.7 Å². The molecule has 3 N–H and O–H groups in total. The first-order valence-corrected chi connectivity index (χ1v) is 11.1. The number of nitrogens with zero attached hydrogens (tertiary/aromatic N) is 3. The van der Waals surface area contributed by atoms with Crippen LogP contribution < -0.4 is 16.0 Å². The molecule has 3 amide bonds. The summed E-state index contributed by atoms with van der Waals surface area (Å²) in [6, 6.07) is 12.5. The van der Waals surface area contributed by atoms with E-state index in [4.69, 9.17) is 11.6 Å². The minimum Gasteiger partial charge on any atom is -0.346 e. The molecule has 11 heteroatoms. The van der Waals surface area contributed by atoms with E-state index in [0.29, 0.717) is 30.2 Å². The number of urea groups is 1. The zero-order valence-electron chi connectivity index (χ0n) is 16.8. The first-order chi connectivity index (χ1) is 15.5. The molecular weight excluding hydrogens is 455 g/mol. The Labute approximate surface area is 192 Å². The molecule has 0 aliphatic carbocycles. The summed E-state index contributed by atoms with van der Waals surface area (Å²) in [5.74, 6) is -0.837. The fraction of sp³-hybridized carbons (Fsp3) is 0.238. The molecule has 1 fully saturated rings. The second-order valence-corrected chi connectivity index (χ2v) is 8.32. The number of amides is 3. The molecular formula is C21H20ClFN6O2S. The van der Waals surface area contributed by atoms with Crippen molar-refractivity contribution < 1.29 is 14.0 Å². The quantitative estimate of drug-likeness (QED) is 0.526. The lowest BCUT2D eigenvalue weighted by molar-refractivity contribution is 0.0946. The van der Waals surface area contributed by atoms with E-state index in [9.17, 15) is 14.0 Å². The summed E-state index contributed by atoms with van der Waals surface area (Å²) in [5, 5.41) is 13.4. The third-order valence-corrected chi connectivity index (χ3v) is 5.95. The van der Waals surface area contributed by atoms with Crippen molar-refractivity contribution in [3.05, 3.63) is 76.2 Å². The molecule has 1 aliphatic heterocycles. The van der Waals surface area contributed by atoms with Gasteiger partial charge in [-0.25, -0.2) is 9.18 Å². The van der Waals surface area contributed by atoms with E-state index >= 15 is 0 Å². The molecule has 2 heterocycles. The summed E-state index contributed by atoms with van der Waals surface area (Å²) in [6.45, 7) is 1.65. The van der Waals surface area contributed by atoms with E-state index in [2.05, 4.69) is 25.5 Å². The molecule has 1 unspecified atom stereocenters. The number of piperazine rings is 1. The standard InChI is InChI=1S/C21H20ClFN6O2S/c22-14-7-5-13(6-8-14)11-25-19(30)18-20(32-28-27-18)26-21(31)29-10-9-24-12-17(29)15-3-1-2-4-16(15)23/h1-8,17,24H,9-12H2,(H,25,30)(H,26,31). The van der Waals surface area contributed by atoms with Crippen molar-refractivity contribution in [2.45, 2.75) is 12.6 Å². The highest BCUT2D eigenvalue weighted by atomic mass is 35.5. The highest BCUT2D eigenvalue weighted by molar-refractivity contribution is 7.10. The van der Waals surface area contributed by atoms with E-state index in [-0.39, 0.29) is 23.1 Å². The van der Waals surface area contributed by atoms with Gasteiger partial charge in [-0.15, -0.1) is 5.10 Å². The van der Waals surface area contributed by atoms with Gasteiger partial charge < -0.3 is 15.5 Å². The number of aromatic nitrogens is 2. The van der Waals surface area contributed by atoms with Crippen LogP contribution in [-0.4, -0.2) is 46.1 Å². The number of halogens is 2. The summed E-state index contributed by atoms with van der Waals surface area (Å²) in [7, 11) is 0. The Morgan fingerprint density at radius 1 is 1.22 bits per heavy atom. The molecule has 1 aromatic heterocycles. The van der Waals surface area contributed by atoms with Crippen LogP contribution in [0, 0.1) is 5.82 Å². The minimum atomic E-state index is -0.479. The van der Waals surface area contributed by atoms with E-state index in [1.807, 2.05) is 0 Å². The second-order valence-electron chi connectivity index (χ2n) is 7.12. The van der Waals surface area contributed by atoms with Gasteiger partial charge in [-0.1, -0.05) is 46.4 Å². The lowest BCUT2D eigenvalue weighted by Crippen LogP contribution is -2.50. The van der Waals surface area contributed by atoms with Crippen LogP contribution in [0.5, 0.6) is 0 Å². The van der Waals surface area contributed by atoms with Gasteiger partial charge in [-0.2, -0.15) is 0 Å². The van der Waals surface area contributed by atoms with Crippen LogP contribution in [0.4, 0.5) is 14.2 Å². The third-order valence-electron chi connectivity index (χ3n) is 5.06. The molecule has 8 nitrogen and oxygen atoms in total. The SMILES string of the molecule is O=C(NCc1ccc(Cl)cc1)c1nnsc1NC(=O)N1CCNCC1c1ccccc1F. The fourth-order valence-corrected chi connectivity index (χ4v) is 4.11. The van der Waals surface area contributed by atoms with Crippen LogP contribution in [-0.2, 0) is 6.54 Å². The summed E-state index contributed by atoms with van der Waals surface area (Å²) in [5.41, 5.74) is 1.32. The molecule has 3 aromatic rings. The number of benzene rings is 2. The molecule has 1 atom stereocenters. The maximum absolute atomic E-state index is 14.3. The minimum absolute atomic E-state index is 0.0230. The zero-order valence-corrected chi connectivity index (χ0v) is 18.4. The maximum atomic E-state index is 14.3. The van der Waals surface area contributed by atoms with E-state index in [0.717, 1.165) is 17.1 Å². The second kappa shape index (κ2) is 10.0. The predicted molar refractivity (Wildman–Crippen MR) is 120 cm³/mol. The molecule has 1 aliphatic rings. The van der Waals surface area contributed by atoms with Crippen molar-refractivity contribution >= 4 is 40.1 Å². The first kappa shape index (κ1) is 22.1. The topological polar surface area (TPSA) is 99.2 Å². The Kier molecular flexibility index (Phi) is 6.93. The fourth-order valence-electron chi connectivity index (χ4n) is 3.43. The van der Waals surface area contributed by atoms with Crippen molar-refractivity contribution in [3.63, 3.8) is 0 Å². The number of hydrogen-bond acceptors (Lipinski definition) is 6. The lowest BCUT2D eigenvalue weighted by atomic mass is 10.0. The summed E-state index contributed by atoms with van der Waals surface area (Å²) < 4.78 is 18.1. The summed E-state index contributed by atoms with van der Waals surface area (Å²) in [4.78, 5) is 27.2. The number of hydrogen-bond donors (Lipinski definition) is 3. The van der Waals surface area contributed by atoms with Gasteiger partial charge in [0.1, 0.15) is 5.82 Å². The zero-order chi connectivity index (χ0) is 22.5. The van der Waals surface area contributed by atoms with Crippen LogP contribution in [0.3, 0.4) is 0 Å². The molecule has 0 bridgehead atoms. The van der Waals surface area contributed by atoms with Gasteiger partial charge in [-0.3, -0.25) is 10.1 Å². The number of nitrogens with one attached hydrogen (secondary N) is 3. The number of carbonyl (C=O) groups is 2. The largest absolute Gasteiger partial charge is 0.346 e. The average molecular weight is 475 g/mol. The van der Waals surface area contributed by atoms with Gasteiger partial charge in [0.25, 0.3) is 5.91 Å². The van der Waals surface area contributed by atoms with Gasteiger partial charge in [0.05, 0.1) is 6.04 Å². The molecule has 4 rings (SSSR count). The van der Waals surface area contributed by atoms with Crippen molar-refractivity contribution in [1.82, 2.24) is 25.1 Å². The highest BCUT2D eigenvalue weighted by Crippen LogP contribution is 2.26. The maximum Gasteiger partial charge on any atom is 0.323 e. The van der Waals surface area contributed by atoms with Crippen molar-refractivity contribution in [3.8, 4) is 0 Å². The number of anilines is 1. The molecule has 32 heavy (non-hydrogen) atoms. The van der Waals surface area contributed by atoms with Crippen molar-refractivity contribution in [1.29, 1.82) is 0 Å². The van der Waals surface area contributed by atoms with Gasteiger partial charge in [0, 0.05) is 48.3 Å². The Hall–Kier alpha value is -3.08. The highest BCUT2D eigenvalue weighted by Gasteiger charge is 2.31. The predicted octanol–water partition coefficient (Wildman–Crippen LogP) is 3.44. The monoisotopic (exact) mass is 474 g/mol.